The standard InChI is InChI=1S/C29H20N2O4/c32-22(35-21-13-5-7-16-8-6-14-30-27(16)21)15-31-28(33)25-23-17-9-1-2-10-18(17)24(26(25)29(31)34)20-12-4-3-11-19(20)23/h1-14,23-26H,15H2/t23?,24?,25-,26-/m0/s1. The summed E-state index contributed by atoms with van der Waals surface area (Å²) in [6.45, 7) is -0.417. The number of amides is 2. The van der Waals surface area contributed by atoms with Crippen molar-refractivity contribution in [3.8, 4) is 5.75 Å². The Morgan fingerprint density at radius 3 is 1.86 bits per heavy atom. The van der Waals surface area contributed by atoms with Gasteiger partial charge in [-0.3, -0.25) is 19.5 Å². The normalized spacial score (nSPS) is 23.7. The number of carbonyl (C=O) groups excluding carboxylic acids is 3. The number of pyridine rings is 1. The number of para-hydroxylation sites is 1. The number of nitrogens with zero attached hydrogens (tertiary/aromatic N) is 2. The Kier molecular flexibility index (Phi) is 4.21. The monoisotopic (exact) mass is 460 g/mol. The maximum atomic E-state index is 13.6. The molecule has 1 saturated heterocycles. The van der Waals surface area contributed by atoms with Gasteiger partial charge in [0, 0.05) is 23.4 Å². The highest BCUT2D eigenvalue weighted by Crippen LogP contribution is 2.60. The second kappa shape index (κ2) is 7.34. The summed E-state index contributed by atoms with van der Waals surface area (Å²) in [7, 11) is 0. The van der Waals surface area contributed by atoms with Gasteiger partial charge < -0.3 is 4.74 Å². The van der Waals surface area contributed by atoms with Gasteiger partial charge in [0.15, 0.2) is 5.75 Å². The number of likely N-dealkylation sites (tertiary alicyclic amines) is 1. The molecule has 3 aromatic carbocycles. The average Bonchev–Trinajstić information content (AvgIpc) is 3.14. The van der Waals surface area contributed by atoms with Crippen molar-refractivity contribution in [1.29, 1.82) is 0 Å². The zero-order valence-corrected chi connectivity index (χ0v) is 18.6. The Hall–Kier alpha value is -4.32. The molecule has 8 rings (SSSR count). The summed E-state index contributed by atoms with van der Waals surface area (Å²) < 4.78 is 5.59. The number of hydrogen-bond donors (Lipinski definition) is 0. The second-order valence-corrected chi connectivity index (χ2v) is 9.33. The van der Waals surface area contributed by atoms with Crippen molar-refractivity contribution >= 4 is 28.7 Å². The summed E-state index contributed by atoms with van der Waals surface area (Å²) in [5, 5.41) is 0.837. The van der Waals surface area contributed by atoms with Crippen LogP contribution in [0.2, 0.25) is 0 Å². The molecule has 1 aromatic heterocycles. The molecule has 0 saturated carbocycles. The number of fused-ring (bicyclic) bond motifs is 1. The van der Waals surface area contributed by atoms with E-state index >= 15 is 0 Å². The first kappa shape index (κ1) is 20.1. The van der Waals surface area contributed by atoms with Gasteiger partial charge >= 0.3 is 5.97 Å². The predicted molar refractivity (Wildman–Crippen MR) is 128 cm³/mol. The van der Waals surface area contributed by atoms with Crippen LogP contribution >= 0.6 is 0 Å². The number of rotatable bonds is 3. The molecule has 4 aromatic rings. The van der Waals surface area contributed by atoms with E-state index in [9.17, 15) is 14.4 Å². The fourth-order valence-electron chi connectivity index (χ4n) is 6.34. The van der Waals surface area contributed by atoms with Gasteiger partial charge in [0.2, 0.25) is 11.8 Å². The van der Waals surface area contributed by atoms with Crippen molar-refractivity contribution in [2.75, 3.05) is 6.54 Å². The van der Waals surface area contributed by atoms with E-state index in [2.05, 4.69) is 29.2 Å². The van der Waals surface area contributed by atoms with E-state index in [1.807, 2.05) is 42.5 Å². The van der Waals surface area contributed by atoms with Crippen molar-refractivity contribution in [2.45, 2.75) is 11.8 Å². The Morgan fingerprint density at radius 2 is 1.29 bits per heavy atom. The lowest BCUT2D eigenvalue weighted by Gasteiger charge is -2.45. The maximum absolute atomic E-state index is 13.6. The second-order valence-electron chi connectivity index (χ2n) is 9.33. The molecule has 170 valence electrons. The summed E-state index contributed by atoms with van der Waals surface area (Å²) in [6.07, 6.45) is 1.63. The highest BCUT2D eigenvalue weighted by atomic mass is 16.5. The van der Waals surface area contributed by atoms with Crippen molar-refractivity contribution in [1.82, 2.24) is 9.88 Å². The number of benzene rings is 3. The van der Waals surface area contributed by atoms with Gasteiger partial charge in [0.25, 0.3) is 0 Å². The molecular formula is C29H20N2O4. The first-order chi connectivity index (χ1) is 17.1. The van der Waals surface area contributed by atoms with Crippen molar-refractivity contribution in [3.05, 3.63) is 107 Å². The molecule has 2 bridgehead atoms. The highest BCUT2D eigenvalue weighted by molar-refractivity contribution is 6.09. The molecule has 1 aliphatic heterocycles. The summed E-state index contributed by atoms with van der Waals surface area (Å²) in [5.74, 6) is -2.36. The molecule has 3 aliphatic carbocycles. The van der Waals surface area contributed by atoms with Crippen LogP contribution in [0.15, 0.2) is 85.1 Å². The molecule has 4 aliphatic rings. The number of imide groups is 1. The van der Waals surface area contributed by atoms with Crippen molar-refractivity contribution < 1.29 is 19.1 Å². The van der Waals surface area contributed by atoms with E-state index < -0.39 is 24.3 Å². The van der Waals surface area contributed by atoms with Gasteiger partial charge in [0.05, 0.1) is 11.8 Å². The van der Waals surface area contributed by atoms with Crippen LogP contribution in [-0.2, 0) is 14.4 Å². The van der Waals surface area contributed by atoms with Gasteiger partial charge in [-0.1, -0.05) is 66.7 Å². The van der Waals surface area contributed by atoms with Crippen LogP contribution in [0, 0.1) is 11.8 Å². The fourth-order valence-corrected chi connectivity index (χ4v) is 6.34. The summed E-state index contributed by atoms with van der Waals surface area (Å²) >= 11 is 0. The summed E-state index contributed by atoms with van der Waals surface area (Å²) in [4.78, 5) is 45.6. The number of hydrogen-bond acceptors (Lipinski definition) is 5. The van der Waals surface area contributed by atoms with E-state index in [-0.39, 0.29) is 23.7 Å². The number of esters is 1. The maximum Gasteiger partial charge on any atom is 0.331 e. The zero-order chi connectivity index (χ0) is 23.7. The van der Waals surface area contributed by atoms with Crippen LogP contribution in [-0.4, -0.2) is 34.2 Å². The first-order valence-electron chi connectivity index (χ1n) is 11.7. The lowest BCUT2D eigenvalue weighted by Crippen LogP contribution is -2.41. The molecule has 0 spiro atoms. The van der Waals surface area contributed by atoms with Crippen molar-refractivity contribution in [2.24, 2.45) is 11.8 Å². The van der Waals surface area contributed by atoms with Crippen LogP contribution < -0.4 is 4.74 Å². The van der Waals surface area contributed by atoms with Crippen LogP contribution in [0.3, 0.4) is 0 Å². The van der Waals surface area contributed by atoms with E-state index in [0.717, 1.165) is 32.5 Å². The SMILES string of the molecule is O=C(CN1C(=O)[C@H]2C3c4ccccc4C(c4ccccc43)[C@@H]2C1=O)Oc1cccc2cccnc12. The van der Waals surface area contributed by atoms with Crippen LogP contribution in [0.4, 0.5) is 0 Å². The van der Waals surface area contributed by atoms with E-state index in [4.69, 9.17) is 4.74 Å². The van der Waals surface area contributed by atoms with Crippen LogP contribution in [0.1, 0.15) is 34.1 Å². The molecule has 2 amide bonds. The lowest BCUT2D eigenvalue weighted by molar-refractivity contribution is -0.148. The first-order valence-corrected chi connectivity index (χ1v) is 11.7. The molecule has 6 nitrogen and oxygen atoms in total. The minimum Gasteiger partial charge on any atom is -0.423 e. The third-order valence-corrected chi connectivity index (χ3v) is 7.65. The van der Waals surface area contributed by atoms with Gasteiger partial charge in [0.1, 0.15) is 12.1 Å². The van der Waals surface area contributed by atoms with Gasteiger partial charge in [-0.2, -0.15) is 0 Å². The van der Waals surface area contributed by atoms with Crippen molar-refractivity contribution in [3.63, 3.8) is 0 Å². The molecule has 1 fully saturated rings. The minimum atomic E-state index is -0.661. The third kappa shape index (κ3) is 2.77. The van der Waals surface area contributed by atoms with Crippen LogP contribution in [0.5, 0.6) is 5.75 Å². The predicted octanol–water partition coefficient (Wildman–Crippen LogP) is 4.03. The summed E-state index contributed by atoms with van der Waals surface area (Å²) in [6, 6.07) is 25.1. The molecule has 6 heteroatoms. The molecule has 2 heterocycles. The Labute approximate surface area is 201 Å². The number of ether oxygens (including phenoxy) is 1. The zero-order valence-electron chi connectivity index (χ0n) is 18.6. The molecule has 0 unspecified atom stereocenters. The summed E-state index contributed by atoms with van der Waals surface area (Å²) in [5.41, 5.74) is 4.96. The molecule has 2 atom stereocenters. The molecule has 0 N–H and O–H groups in total. The van der Waals surface area contributed by atoms with E-state index in [1.54, 1.807) is 18.3 Å². The minimum absolute atomic E-state index is 0.197. The highest BCUT2D eigenvalue weighted by Gasteiger charge is 2.61. The van der Waals surface area contributed by atoms with Crippen LogP contribution in [0.25, 0.3) is 10.9 Å². The third-order valence-electron chi connectivity index (χ3n) is 7.65. The molecular weight excluding hydrogens is 440 g/mol. The van der Waals surface area contributed by atoms with Gasteiger partial charge in [-0.25, -0.2) is 4.79 Å². The van der Waals surface area contributed by atoms with E-state index in [1.165, 1.54) is 0 Å². The lowest BCUT2D eigenvalue weighted by atomic mass is 9.55. The largest absolute Gasteiger partial charge is 0.423 e. The number of aromatic nitrogens is 1. The average molecular weight is 460 g/mol. The van der Waals surface area contributed by atoms with Gasteiger partial charge in [-0.05, 0) is 34.4 Å². The smallest absolute Gasteiger partial charge is 0.331 e. The Morgan fingerprint density at radius 1 is 0.743 bits per heavy atom. The Balaban J connectivity index is 1.22. The Bertz CT molecular complexity index is 1440. The number of carbonyl (C=O) groups is 3. The van der Waals surface area contributed by atoms with E-state index in [0.29, 0.717) is 11.3 Å². The van der Waals surface area contributed by atoms with Gasteiger partial charge in [-0.15, -0.1) is 0 Å². The molecule has 0 radical (unpaired) electrons. The topological polar surface area (TPSA) is 76.6 Å². The quantitative estimate of drug-likeness (QED) is 0.262. The molecule has 35 heavy (non-hydrogen) atoms. The fraction of sp³-hybridized carbons (Fsp3) is 0.172.